The summed E-state index contributed by atoms with van der Waals surface area (Å²) in [5.74, 6) is 1.91. The molecule has 0 saturated carbocycles. The minimum Gasteiger partial charge on any atom is -0.304 e. The Hall–Kier alpha value is -4.05. The summed E-state index contributed by atoms with van der Waals surface area (Å²) in [6.45, 7) is 13.3. The van der Waals surface area contributed by atoms with Crippen LogP contribution in [0.2, 0.25) is 0 Å². The van der Waals surface area contributed by atoms with Crippen molar-refractivity contribution >= 4 is 10.8 Å². The maximum atomic E-state index is 4.99. The SMILES string of the molecule is CC(C)(C)c1ccc(-c2nc(-c3ccc(C(C)(C)C)cc3)nc(-c3cc[c-]c(-c4nccc5ccccc45)c3)n2)cc1.[Ir]. The van der Waals surface area contributed by atoms with Gasteiger partial charge in [-0.1, -0.05) is 120 Å². The zero-order valence-electron chi connectivity index (χ0n) is 25.4. The average Bonchev–Trinajstić information content (AvgIpc) is 3.00. The third-order valence-electron chi connectivity index (χ3n) is 7.64. The molecular formula is C38H35IrN4-. The Labute approximate surface area is 268 Å². The molecule has 2 heterocycles. The minimum atomic E-state index is 0. The normalized spacial score (nSPS) is 11.8. The number of fused-ring (bicyclic) bond motifs is 1. The van der Waals surface area contributed by atoms with Crippen molar-refractivity contribution in [3.63, 3.8) is 0 Å². The molecule has 4 nitrogen and oxygen atoms in total. The van der Waals surface area contributed by atoms with Crippen LogP contribution in [0.25, 0.3) is 56.2 Å². The van der Waals surface area contributed by atoms with Crippen LogP contribution in [0.5, 0.6) is 0 Å². The number of hydrogen-bond acceptors (Lipinski definition) is 4. The van der Waals surface area contributed by atoms with Gasteiger partial charge >= 0.3 is 0 Å². The molecule has 43 heavy (non-hydrogen) atoms. The molecule has 0 aliphatic carbocycles. The van der Waals surface area contributed by atoms with Gasteiger partial charge in [0.05, 0.1) is 0 Å². The van der Waals surface area contributed by atoms with E-state index in [-0.39, 0.29) is 30.9 Å². The van der Waals surface area contributed by atoms with Gasteiger partial charge in [0.2, 0.25) is 0 Å². The summed E-state index contributed by atoms with van der Waals surface area (Å²) in [6, 6.07) is 36.8. The summed E-state index contributed by atoms with van der Waals surface area (Å²) in [5, 5.41) is 2.23. The second kappa shape index (κ2) is 11.9. The second-order valence-electron chi connectivity index (χ2n) is 12.8. The second-order valence-corrected chi connectivity index (χ2v) is 12.8. The first-order valence-corrected chi connectivity index (χ1v) is 14.4. The van der Waals surface area contributed by atoms with E-state index in [1.165, 1.54) is 11.1 Å². The van der Waals surface area contributed by atoms with Crippen LogP contribution in [-0.4, -0.2) is 19.9 Å². The molecule has 6 rings (SSSR count). The molecule has 0 atom stereocenters. The van der Waals surface area contributed by atoms with Gasteiger partial charge in [-0.25, -0.2) is 15.0 Å². The predicted octanol–water partition coefficient (Wildman–Crippen LogP) is 9.48. The molecule has 217 valence electrons. The third kappa shape index (κ3) is 6.49. The zero-order valence-corrected chi connectivity index (χ0v) is 27.8. The van der Waals surface area contributed by atoms with E-state index in [4.69, 9.17) is 19.9 Å². The number of pyridine rings is 1. The van der Waals surface area contributed by atoms with Crippen molar-refractivity contribution in [2.75, 3.05) is 0 Å². The van der Waals surface area contributed by atoms with E-state index in [2.05, 4.69) is 114 Å². The maximum absolute atomic E-state index is 4.99. The molecular weight excluding hydrogens is 705 g/mol. The summed E-state index contributed by atoms with van der Waals surface area (Å²) in [7, 11) is 0. The molecule has 2 aromatic heterocycles. The van der Waals surface area contributed by atoms with Crippen LogP contribution in [0.15, 0.2) is 103 Å². The number of hydrogen-bond donors (Lipinski definition) is 0. The molecule has 0 fully saturated rings. The quantitative estimate of drug-likeness (QED) is 0.169. The topological polar surface area (TPSA) is 51.6 Å². The fourth-order valence-electron chi connectivity index (χ4n) is 5.08. The molecule has 4 aromatic carbocycles. The van der Waals surface area contributed by atoms with Gasteiger partial charge in [0.1, 0.15) is 5.82 Å². The molecule has 0 unspecified atom stereocenters. The zero-order chi connectivity index (χ0) is 29.5. The van der Waals surface area contributed by atoms with E-state index in [0.29, 0.717) is 17.5 Å². The van der Waals surface area contributed by atoms with Crippen LogP contribution in [-0.2, 0) is 30.9 Å². The molecule has 0 aliphatic heterocycles. The van der Waals surface area contributed by atoms with E-state index >= 15 is 0 Å². The van der Waals surface area contributed by atoms with Gasteiger partial charge in [-0.2, -0.15) is 0 Å². The Bertz CT molecular complexity index is 1800. The summed E-state index contributed by atoms with van der Waals surface area (Å²) in [6.07, 6.45) is 1.85. The van der Waals surface area contributed by atoms with E-state index in [9.17, 15) is 0 Å². The van der Waals surface area contributed by atoms with E-state index < -0.39 is 0 Å². The molecule has 5 heteroatoms. The van der Waals surface area contributed by atoms with Crippen LogP contribution in [0.1, 0.15) is 52.7 Å². The Morgan fingerprint density at radius 2 is 1.07 bits per heavy atom. The molecule has 0 saturated heterocycles. The molecule has 0 N–H and O–H groups in total. The van der Waals surface area contributed by atoms with Crippen LogP contribution >= 0.6 is 0 Å². The Morgan fingerprint density at radius 1 is 0.558 bits per heavy atom. The van der Waals surface area contributed by atoms with Crippen LogP contribution < -0.4 is 0 Å². The van der Waals surface area contributed by atoms with Gasteiger partial charge in [0.25, 0.3) is 0 Å². The van der Waals surface area contributed by atoms with Crippen molar-refractivity contribution in [1.29, 1.82) is 0 Å². The van der Waals surface area contributed by atoms with Gasteiger partial charge in [0, 0.05) is 37.4 Å². The molecule has 0 aliphatic rings. The van der Waals surface area contributed by atoms with Crippen molar-refractivity contribution in [3.05, 3.63) is 120 Å². The summed E-state index contributed by atoms with van der Waals surface area (Å²) in [5.41, 5.74) is 7.26. The fraction of sp³-hybridized carbons (Fsp3) is 0.211. The maximum Gasteiger partial charge on any atom is 0.164 e. The first-order valence-electron chi connectivity index (χ1n) is 14.4. The van der Waals surface area contributed by atoms with Crippen molar-refractivity contribution in [2.24, 2.45) is 0 Å². The van der Waals surface area contributed by atoms with Crippen molar-refractivity contribution in [3.8, 4) is 45.4 Å². The van der Waals surface area contributed by atoms with Gasteiger partial charge in [0.15, 0.2) is 11.6 Å². The van der Waals surface area contributed by atoms with Crippen molar-refractivity contribution in [2.45, 2.75) is 52.4 Å². The Morgan fingerprint density at radius 3 is 1.60 bits per heavy atom. The standard InChI is InChI=1S/C38H35N4.Ir/c1-37(2,3)30-18-14-26(15-19-30)34-40-35(27-16-20-31(21-17-27)38(4,5)6)42-36(41-34)29-12-9-11-28(24-29)33-32-13-8-7-10-25(32)22-23-39-33;/h7-10,12-24H,1-6H3;/q-1;. The largest absolute Gasteiger partial charge is 0.304 e. The average molecular weight is 740 g/mol. The van der Waals surface area contributed by atoms with Crippen LogP contribution in [0, 0.1) is 6.07 Å². The smallest absolute Gasteiger partial charge is 0.164 e. The van der Waals surface area contributed by atoms with Crippen LogP contribution in [0.3, 0.4) is 0 Å². The number of benzene rings is 4. The molecule has 0 bridgehead atoms. The van der Waals surface area contributed by atoms with Gasteiger partial charge in [-0.3, -0.25) is 0 Å². The fourth-order valence-corrected chi connectivity index (χ4v) is 5.08. The van der Waals surface area contributed by atoms with Crippen LogP contribution in [0.4, 0.5) is 0 Å². The van der Waals surface area contributed by atoms with Crippen molar-refractivity contribution in [1.82, 2.24) is 19.9 Å². The van der Waals surface area contributed by atoms with E-state index in [0.717, 1.165) is 38.7 Å². The first-order chi connectivity index (χ1) is 20.1. The third-order valence-corrected chi connectivity index (χ3v) is 7.64. The van der Waals surface area contributed by atoms with Crippen molar-refractivity contribution < 1.29 is 20.1 Å². The Kier molecular flexibility index (Phi) is 8.42. The molecule has 0 amide bonds. The summed E-state index contributed by atoms with van der Waals surface area (Å²) in [4.78, 5) is 19.7. The van der Waals surface area contributed by atoms with E-state index in [1.807, 2.05) is 36.5 Å². The Balaban J connectivity index is 0.00000368. The minimum absolute atomic E-state index is 0. The van der Waals surface area contributed by atoms with Gasteiger partial charge in [-0.15, -0.1) is 29.8 Å². The molecule has 6 aromatic rings. The van der Waals surface area contributed by atoms with Gasteiger partial charge in [-0.05, 0) is 44.5 Å². The number of aromatic nitrogens is 4. The predicted molar refractivity (Wildman–Crippen MR) is 173 cm³/mol. The monoisotopic (exact) mass is 740 g/mol. The summed E-state index contributed by atoms with van der Waals surface area (Å²) >= 11 is 0. The van der Waals surface area contributed by atoms with Gasteiger partial charge < -0.3 is 4.98 Å². The molecule has 1 radical (unpaired) electrons. The number of rotatable bonds is 4. The molecule has 0 spiro atoms. The summed E-state index contributed by atoms with van der Waals surface area (Å²) < 4.78 is 0. The number of nitrogens with zero attached hydrogens (tertiary/aromatic N) is 4. The first kappa shape index (κ1) is 30.4. The van der Waals surface area contributed by atoms with E-state index in [1.54, 1.807) is 0 Å².